The van der Waals surface area contributed by atoms with Crippen LogP contribution in [-0.4, -0.2) is 36.1 Å². The summed E-state index contributed by atoms with van der Waals surface area (Å²) in [5.41, 5.74) is 3.99. The number of carboxylic acid groups (broad SMARTS) is 1. The summed E-state index contributed by atoms with van der Waals surface area (Å²) in [6.07, 6.45) is 0. The van der Waals surface area contributed by atoms with Gasteiger partial charge in [-0.05, 0) is 29.3 Å². The summed E-state index contributed by atoms with van der Waals surface area (Å²) in [6, 6.07) is 15.7. The van der Waals surface area contributed by atoms with Crippen LogP contribution in [0.1, 0.15) is 21.5 Å². The molecule has 4 nitrogen and oxygen atoms in total. The van der Waals surface area contributed by atoms with Crippen LogP contribution < -0.4 is 4.90 Å². The lowest BCUT2D eigenvalue weighted by atomic mass is 10.1. The molecule has 3 rings (SSSR count). The van der Waals surface area contributed by atoms with Gasteiger partial charge in [-0.1, -0.05) is 30.3 Å². The Labute approximate surface area is 130 Å². The quantitative estimate of drug-likeness (QED) is 0.946. The summed E-state index contributed by atoms with van der Waals surface area (Å²) in [6.45, 7) is 3.58. The number of fused-ring (bicyclic) bond motifs is 1. The maximum Gasteiger partial charge on any atom is 0.335 e. The van der Waals surface area contributed by atoms with Crippen molar-refractivity contribution in [2.24, 2.45) is 0 Å². The van der Waals surface area contributed by atoms with Gasteiger partial charge < -0.3 is 10.0 Å². The van der Waals surface area contributed by atoms with Crippen LogP contribution in [0.25, 0.3) is 0 Å². The van der Waals surface area contributed by atoms with Gasteiger partial charge in [-0.15, -0.1) is 0 Å². The third-order valence-electron chi connectivity index (χ3n) is 4.13. The van der Waals surface area contributed by atoms with Gasteiger partial charge in [0.15, 0.2) is 0 Å². The molecule has 0 fully saturated rings. The fourth-order valence-electron chi connectivity index (χ4n) is 2.94. The molecule has 0 atom stereocenters. The lowest BCUT2D eigenvalue weighted by molar-refractivity contribution is 0.0696. The summed E-state index contributed by atoms with van der Waals surface area (Å²) in [5, 5.41) is 9.10. The average Bonchev–Trinajstić information content (AvgIpc) is 2.67. The van der Waals surface area contributed by atoms with E-state index in [0.29, 0.717) is 5.56 Å². The predicted molar refractivity (Wildman–Crippen MR) is 87.2 cm³/mol. The van der Waals surface area contributed by atoms with E-state index in [4.69, 9.17) is 5.11 Å². The predicted octanol–water partition coefficient (Wildman–Crippen LogP) is 2.84. The van der Waals surface area contributed by atoms with E-state index in [1.54, 1.807) is 12.1 Å². The number of benzene rings is 2. The Morgan fingerprint density at radius 3 is 2.77 bits per heavy atom. The first-order valence-corrected chi connectivity index (χ1v) is 7.47. The second-order valence-corrected chi connectivity index (χ2v) is 5.77. The van der Waals surface area contributed by atoms with Gasteiger partial charge >= 0.3 is 5.97 Å². The lowest BCUT2D eigenvalue weighted by Crippen LogP contribution is -2.28. The Morgan fingerprint density at radius 1 is 1.14 bits per heavy atom. The molecule has 4 heteroatoms. The number of anilines is 1. The van der Waals surface area contributed by atoms with Gasteiger partial charge in [-0.3, -0.25) is 4.90 Å². The van der Waals surface area contributed by atoms with Crippen molar-refractivity contribution in [1.29, 1.82) is 0 Å². The summed E-state index contributed by atoms with van der Waals surface area (Å²) in [4.78, 5) is 15.7. The second kappa shape index (κ2) is 6.20. The van der Waals surface area contributed by atoms with Gasteiger partial charge in [-0.25, -0.2) is 4.79 Å². The van der Waals surface area contributed by atoms with Gasteiger partial charge in [0.25, 0.3) is 0 Å². The normalized spacial score (nSPS) is 15.2. The minimum Gasteiger partial charge on any atom is -0.478 e. The maximum absolute atomic E-state index is 11.1. The first-order valence-electron chi connectivity index (χ1n) is 7.47. The Balaban J connectivity index is 1.79. The SMILES string of the molecule is CN1CCN(Cc2cccc(C(=O)O)c2)Cc2ccccc21. The fourth-order valence-corrected chi connectivity index (χ4v) is 2.94. The molecular formula is C18H20N2O2. The molecule has 0 radical (unpaired) electrons. The van der Waals surface area contributed by atoms with Crippen molar-refractivity contribution in [3.05, 3.63) is 65.2 Å². The summed E-state index contributed by atoms with van der Waals surface area (Å²) >= 11 is 0. The number of hydrogen-bond donors (Lipinski definition) is 1. The fraction of sp³-hybridized carbons (Fsp3) is 0.278. The van der Waals surface area contributed by atoms with Gasteiger partial charge in [-0.2, -0.15) is 0 Å². The highest BCUT2D eigenvalue weighted by Gasteiger charge is 2.17. The van der Waals surface area contributed by atoms with Crippen molar-refractivity contribution >= 4 is 11.7 Å². The van der Waals surface area contributed by atoms with Crippen molar-refractivity contribution < 1.29 is 9.90 Å². The van der Waals surface area contributed by atoms with Crippen molar-refractivity contribution in [1.82, 2.24) is 4.90 Å². The van der Waals surface area contributed by atoms with Crippen molar-refractivity contribution in [2.75, 3.05) is 25.0 Å². The smallest absolute Gasteiger partial charge is 0.335 e. The number of para-hydroxylation sites is 1. The molecule has 0 aromatic heterocycles. The molecule has 0 bridgehead atoms. The van der Waals surface area contributed by atoms with E-state index in [1.807, 2.05) is 12.1 Å². The summed E-state index contributed by atoms with van der Waals surface area (Å²) in [7, 11) is 2.12. The summed E-state index contributed by atoms with van der Waals surface area (Å²) in [5.74, 6) is -0.872. The minimum atomic E-state index is -0.872. The Kier molecular flexibility index (Phi) is 4.11. The van der Waals surface area contributed by atoms with E-state index in [0.717, 1.165) is 31.7 Å². The first-order chi connectivity index (χ1) is 10.6. The van der Waals surface area contributed by atoms with E-state index in [1.165, 1.54) is 11.3 Å². The highest BCUT2D eigenvalue weighted by Crippen LogP contribution is 2.24. The lowest BCUT2D eigenvalue weighted by Gasteiger charge is -2.20. The van der Waals surface area contributed by atoms with Crippen molar-refractivity contribution in [3.8, 4) is 0 Å². The van der Waals surface area contributed by atoms with Crippen LogP contribution in [0.3, 0.4) is 0 Å². The molecule has 1 aliphatic rings. The zero-order chi connectivity index (χ0) is 15.5. The maximum atomic E-state index is 11.1. The number of carboxylic acids is 1. The van der Waals surface area contributed by atoms with E-state index in [2.05, 4.69) is 41.1 Å². The zero-order valence-corrected chi connectivity index (χ0v) is 12.7. The number of rotatable bonds is 3. The molecule has 2 aromatic carbocycles. The van der Waals surface area contributed by atoms with E-state index >= 15 is 0 Å². The molecule has 0 spiro atoms. The van der Waals surface area contributed by atoms with Crippen molar-refractivity contribution in [2.45, 2.75) is 13.1 Å². The molecule has 1 N–H and O–H groups in total. The number of aromatic carboxylic acids is 1. The summed E-state index contributed by atoms with van der Waals surface area (Å²) < 4.78 is 0. The van der Waals surface area contributed by atoms with Crippen LogP contribution >= 0.6 is 0 Å². The van der Waals surface area contributed by atoms with Gasteiger partial charge in [0, 0.05) is 38.9 Å². The van der Waals surface area contributed by atoms with Crippen LogP contribution in [0, 0.1) is 0 Å². The van der Waals surface area contributed by atoms with Gasteiger partial charge in [0.1, 0.15) is 0 Å². The molecule has 0 amide bonds. The molecule has 114 valence electrons. The topological polar surface area (TPSA) is 43.8 Å². The minimum absolute atomic E-state index is 0.352. The van der Waals surface area contributed by atoms with Gasteiger partial charge in [0.2, 0.25) is 0 Å². The molecule has 2 aromatic rings. The Hall–Kier alpha value is -2.33. The molecule has 1 heterocycles. The van der Waals surface area contributed by atoms with E-state index in [-0.39, 0.29) is 0 Å². The number of hydrogen-bond acceptors (Lipinski definition) is 3. The number of carbonyl (C=O) groups is 1. The number of nitrogens with zero attached hydrogens (tertiary/aromatic N) is 2. The van der Waals surface area contributed by atoms with Crippen LogP contribution in [0.2, 0.25) is 0 Å². The van der Waals surface area contributed by atoms with Crippen molar-refractivity contribution in [3.63, 3.8) is 0 Å². The van der Waals surface area contributed by atoms with Crippen LogP contribution in [-0.2, 0) is 13.1 Å². The number of likely N-dealkylation sites (N-methyl/N-ethyl adjacent to an activating group) is 1. The molecule has 0 unspecified atom stereocenters. The second-order valence-electron chi connectivity index (χ2n) is 5.77. The highest BCUT2D eigenvalue weighted by molar-refractivity contribution is 5.87. The molecule has 0 saturated heterocycles. The average molecular weight is 296 g/mol. The Bertz CT molecular complexity index is 684. The van der Waals surface area contributed by atoms with Crippen LogP contribution in [0.5, 0.6) is 0 Å². The molecule has 22 heavy (non-hydrogen) atoms. The van der Waals surface area contributed by atoms with E-state index < -0.39 is 5.97 Å². The largest absolute Gasteiger partial charge is 0.478 e. The van der Waals surface area contributed by atoms with E-state index in [9.17, 15) is 4.79 Å². The molecule has 1 aliphatic heterocycles. The molecule has 0 aliphatic carbocycles. The van der Waals surface area contributed by atoms with Crippen LogP contribution in [0.15, 0.2) is 48.5 Å². The van der Waals surface area contributed by atoms with Gasteiger partial charge in [0.05, 0.1) is 5.56 Å². The standard InChI is InChI=1S/C18H20N2O2/c1-19-9-10-20(13-16-6-2-3-8-17(16)19)12-14-5-4-7-15(11-14)18(21)22/h2-8,11H,9-10,12-13H2,1H3,(H,21,22). The molecule has 0 saturated carbocycles. The zero-order valence-electron chi connectivity index (χ0n) is 12.7. The van der Waals surface area contributed by atoms with Crippen LogP contribution in [0.4, 0.5) is 5.69 Å². The third-order valence-corrected chi connectivity index (χ3v) is 4.13. The highest BCUT2D eigenvalue weighted by atomic mass is 16.4. The third kappa shape index (κ3) is 3.12. The monoisotopic (exact) mass is 296 g/mol. The first kappa shape index (κ1) is 14.6. The Morgan fingerprint density at radius 2 is 1.95 bits per heavy atom. The molecular weight excluding hydrogens is 276 g/mol.